The summed E-state index contributed by atoms with van der Waals surface area (Å²) >= 11 is 0. The Morgan fingerprint density at radius 1 is 1.12 bits per heavy atom. The summed E-state index contributed by atoms with van der Waals surface area (Å²) in [6.07, 6.45) is 2.48. The van der Waals surface area contributed by atoms with E-state index in [1.54, 1.807) is 12.1 Å². The van der Waals surface area contributed by atoms with Gasteiger partial charge in [0.1, 0.15) is 23.2 Å². The summed E-state index contributed by atoms with van der Waals surface area (Å²) in [5, 5.41) is 28.4. The zero-order chi connectivity index (χ0) is 30.2. The topological polar surface area (TPSA) is 183 Å². The Morgan fingerprint density at radius 3 is 2.45 bits per heavy atom. The molecule has 3 atom stereocenters. The molecule has 2 heterocycles. The molecule has 3 unspecified atom stereocenters. The van der Waals surface area contributed by atoms with E-state index in [4.69, 9.17) is 20.3 Å². The molecule has 1 aliphatic carbocycles. The normalized spacial score (nSPS) is 18.6. The number of hydrogen-bond donors (Lipinski definition) is 2. The van der Waals surface area contributed by atoms with Gasteiger partial charge in [0.05, 0.1) is 21.5 Å². The van der Waals surface area contributed by atoms with Crippen molar-refractivity contribution in [1.82, 2.24) is 13.5 Å². The van der Waals surface area contributed by atoms with Crippen molar-refractivity contribution in [3.8, 4) is 5.75 Å². The minimum atomic E-state index is -3.98. The quantitative estimate of drug-likeness (QED) is 0.0778. The zero-order valence-electron chi connectivity index (χ0n) is 22.8. The fourth-order valence-electron chi connectivity index (χ4n) is 5.30. The van der Waals surface area contributed by atoms with E-state index in [9.17, 15) is 23.3 Å². The van der Waals surface area contributed by atoms with Crippen LogP contribution in [0, 0.1) is 39.7 Å². The number of aromatic nitrogens is 3. The van der Waals surface area contributed by atoms with Crippen LogP contribution in [0.4, 0.5) is 10.5 Å². The highest BCUT2D eigenvalue weighted by molar-refractivity contribution is 7.90. The maximum atomic E-state index is 13.4. The number of nitrogens with one attached hydrogen (secondary N) is 2. The average Bonchev–Trinajstić information content (AvgIpc) is 3.57. The van der Waals surface area contributed by atoms with Crippen LogP contribution in [0.25, 0.3) is 11.2 Å². The van der Waals surface area contributed by atoms with E-state index in [0.717, 1.165) is 9.54 Å². The number of rotatable bonds is 7. The highest BCUT2D eigenvalue weighted by Crippen LogP contribution is 2.37. The minimum Gasteiger partial charge on any atom is -0.431 e. The highest BCUT2D eigenvalue weighted by Gasteiger charge is 2.39. The summed E-state index contributed by atoms with van der Waals surface area (Å²) in [4.78, 5) is 27.0. The Kier molecular flexibility index (Phi) is 7.65. The van der Waals surface area contributed by atoms with Crippen LogP contribution in [0.5, 0.6) is 5.75 Å². The Bertz CT molecular complexity index is 1850. The summed E-state index contributed by atoms with van der Waals surface area (Å²) in [6.45, 7) is 3.82. The van der Waals surface area contributed by atoms with Crippen molar-refractivity contribution in [2.75, 3.05) is 0 Å². The van der Waals surface area contributed by atoms with E-state index in [-0.39, 0.29) is 39.2 Å². The van der Waals surface area contributed by atoms with Crippen molar-refractivity contribution in [2.45, 2.75) is 44.1 Å². The number of ether oxygens (including phenoxy) is 2. The van der Waals surface area contributed by atoms with Gasteiger partial charge in [0.25, 0.3) is 15.7 Å². The number of benzene rings is 2. The molecule has 218 valence electrons. The van der Waals surface area contributed by atoms with Gasteiger partial charge >= 0.3 is 6.16 Å². The monoisotopic (exact) mass is 592 g/mol. The molecular weight excluding hydrogens is 564 g/mol. The molecule has 0 bridgehead atoms. The van der Waals surface area contributed by atoms with Gasteiger partial charge in [-0.15, -0.1) is 0 Å². The first kappa shape index (κ1) is 28.7. The molecule has 5 rings (SSSR count). The lowest BCUT2D eigenvalue weighted by Gasteiger charge is -2.21. The summed E-state index contributed by atoms with van der Waals surface area (Å²) < 4.78 is 39.9. The Morgan fingerprint density at radius 2 is 1.81 bits per heavy atom. The lowest BCUT2D eigenvalue weighted by Crippen LogP contribution is -2.34. The van der Waals surface area contributed by atoms with Gasteiger partial charge in [0.15, 0.2) is 5.65 Å². The molecule has 1 saturated carbocycles. The van der Waals surface area contributed by atoms with E-state index < -0.39 is 33.1 Å². The number of carbonyl (C=O) groups excluding carboxylic acids is 1. The van der Waals surface area contributed by atoms with Crippen LogP contribution in [-0.4, -0.2) is 45.0 Å². The molecule has 0 spiro atoms. The largest absolute Gasteiger partial charge is 0.514 e. The first-order valence-corrected chi connectivity index (χ1v) is 14.6. The maximum Gasteiger partial charge on any atom is 0.514 e. The molecule has 2 aromatic heterocycles. The highest BCUT2D eigenvalue weighted by atomic mass is 32.2. The predicted molar refractivity (Wildman–Crippen MR) is 151 cm³/mol. The van der Waals surface area contributed by atoms with E-state index >= 15 is 0 Å². The predicted octanol–water partition coefficient (Wildman–Crippen LogP) is 4.62. The Labute approximate surface area is 240 Å². The molecule has 4 aromatic rings. The second-order valence-electron chi connectivity index (χ2n) is 10.1. The molecule has 2 N–H and O–H groups in total. The molecule has 0 radical (unpaired) electrons. The summed E-state index contributed by atoms with van der Waals surface area (Å²) in [5.74, 6) is -0.287. The van der Waals surface area contributed by atoms with Gasteiger partial charge in [-0.1, -0.05) is 31.0 Å². The number of non-ortho nitro benzene ring substituents is 1. The van der Waals surface area contributed by atoms with Crippen LogP contribution in [0.1, 0.15) is 31.7 Å². The van der Waals surface area contributed by atoms with Gasteiger partial charge in [-0.05, 0) is 56.0 Å². The molecule has 2 aromatic carbocycles. The van der Waals surface area contributed by atoms with Gasteiger partial charge in [0.2, 0.25) is 0 Å². The van der Waals surface area contributed by atoms with Crippen molar-refractivity contribution in [2.24, 2.45) is 11.8 Å². The lowest BCUT2D eigenvalue weighted by atomic mass is 9.92. The molecule has 1 aliphatic rings. The zero-order valence-corrected chi connectivity index (χ0v) is 23.6. The summed E-state index contributed by atoms with van der Waals surface area (Å²) in [5.41, 5.74) is 1.06. The van der Waals surface area contributed by atoms with E-state index in [1.165, 1.54) is 59.4 Å². The number of carbonyl (C=O) groups is 1. The number of nitro groups is 1. The Balaban J connectivity index is 1.37. The van der Waals surface area contributed by atoms with E-state index in [2.05, 4.69) is 4.98 Å². The lowest BCUT2D eigenvalue weighted by molar-refractivity contribution is -0.384. The van der Waals surface area contributed by atoms with Gasteiger partial charge in [-0.25, -0.2) is 22.2 Å². The Hall–Kier alpha value is -4.85. The molecule has 42 heavy (non-hydrogen) atoms. The van der Waals surface area contributed by atoms with Crippen LogP contribution < -0.4 is 10.2 Å². The fraction of sp³-hybridized carbons (Fsp3) is 0.286. The SMILES string of the molecule is CCC1CC(OC(=O)Oc2ccc([N+](=O)[O-])cc2)CC1C(=N)n1c(=N)cnc2c1ccn2S(=O)(=O)c1ccc(C)cc1. The standard InChI is InChI=1S/C28H28N6O7S/c1-3-18-14-21(41-28(35)40-20-8-6-19(7-9-20)34(36)37)15-23(18)26(30)33-24-12-13-32(27(24)31-16-25(33)29)42(38,39)22-10-4-17(2)5-11-22/h4-13,16,18,21,23,29-30H,3,14-15H2,1-2H3. The van der Waals surface area contributed by atoms with Crippen molar-refractivity contribution in [1.29, 1.82) is 10.8 Å². The van der Waals surface area contributed by atoms with Gasteiger partial charge in [-0.3, -0.25) is 25.5 Å². The number of aryl methyl sites for hydroxylation is 1. The van der Waals surface area contributed by atoms with Crippen molar-refractivity contribution >= 4 is 38.9 Å². The second-order valence-corrected chi connectivity index (χ2v) is 11.9. The third-order valence-corrected chi connectivity index (χ3v) is 9.13. The van der Waals surface area contributed by atoms with Crippen LogP contribution in [-0.2, 0) is 14.8 Å². The molecule has 1 fully saturated rings. The van der Waals surface area contributed by atoms with Crippen LogP contribution in [0.15, 0.2) is 71.9 Å². The number of nitro benzene ring substituents is 1. The molecule has 0 amide bonds. The van der Waals surface area contributed by atoms with E-state index in [1.807, 2.05) is 13.8 Å². The van der Waals surface area contributed by atoms with Crippen LogP contribution in [0.2, 0.25) is 0 Å². The van der Waals surface area contributed by atoms with E-state index in [0.29, 0.717) is 24.8 Å². The van der Waals surface area contributed by atoms with Crippen molar-refractivity contribution in [3.63, 3.8) is 0 Å². The van der Waals surface area contributed by atoms with Crippen molar-refractivity contribution < 1.29 is 27.6 Å². The van der Waals surface area contributed by atoms with Crippen LogP contribution in [0.3, 0.4) is 0 Å². The average molecular weight is 593 g/mol. The smallest absolute Gasteiger partial charge is 0.431 e. The second kappa shape index (κ2) is 11.2. The third-order valence-electron chi connectivity index (χ3n) is 7.45. The first-order chi connectivity index (χ1) is 20.0. The minimum absolute atomic E-state index is 0.0526. The number of nitrogens with zero attached hydrogens (tertiary/aromatic N) is 4. The molecule has 0 saturated heterocycles. The van der Waals surface area contributed by atoms with Gasteiger partial charge < -0.3 is 9.47 Å². The third kappa shape index (κ3) is 5.40. The molecule has 13 nitrogen and oxygen atoms in total. The van der Waals surface area contributed by atoms with Gasteiger partial charge in [0, 0.05) is 24.2 Å². The molecule has 0 aliphatic heterocycles. The maximum absolute atomic E-state index is 13.4. The summed E-state index contributed by atoms with van der Waals surface area (Å²) in [7, 11) is -3.98. The van der Waals surface area contributed by atoms with Gasteiger partial charge in [-0.2, -0.15) is 0 Å². The summed E-state index contributed by atoms with van der Waals surface area (Å²) in [6, 6.07) is 13.0. The first-order valence-electron chi connectivity index (χ1n) is 13.2. The van der Waals surface area contributed by atoms with Crippen molar-refractivity contribution in [3.05, 3.63) is 88.2 Å². The number of hydrogen-bond acceptors (Lipinski definition) is 10. The molecular formula is C28H28N6O7S. The fourth-order valence-corrected chi connectivity index (χ4v) is 6.59. The molecule has 14 heteroatoms. The number of fused-ring (bicyclic) bond motifs is 1. The van der Waals surface area contributed by atoms with Crippen LogP contribution >= 0.6 is 0 Å².